The molecular weight excluding hydrogens is 424 g/mol. The van der Waals surface area contributed by atoms with Crippen molar-refractivity contribution >= 4 is 17.5 Å². The Morgan fingerprint density at radius 2 is 1.94 bits per heavy atom. The van der Waals surface area contributed by atoms with Crippen LogP contribution in [0.1, 0.15) is 34.8 Å². The first-order valence-electron chi connectivity index (χ1n) is 10.0. The molecule has 0 radical (unpaired) electrons. The molecule has 1 aromatic heterocycles. The molecule has 1 saturated heterocycles. The van der Waals surface area contributed by atoms with Crippen molar-refractivity contribution in [1.82, 2.24) is 14.7 Å². The van der Waals surface area contributed by atoms with Crippen molar-refractivity contribution in [3.05, 3.63) is 70.4 Å². The van der Waals surface area contributed by atoms with E-state index in [1.54, 1.807) is 17.2 Å². The van der Waals surface area contributed by atoms with Crippen LogP contribution in [0.15, 0.2) is 42.6 Å². The third-order valence-electron chi connectivity index (χ3n) is 6.37. The average Bonchev–Trinajstić information content (AvgIpc) is 3.04. The van der Waals surface area contributed by atoms with Gasteiger partial charge in [-0.2, -0.15) is 5.10 Å². The van der Waals surface area contributed by atoms with Gasteiger partial charge >= 0.3 is 0 Å². The molecule has 2 fully saturated rings. The SMILES string of the molecule is Cc1cnn(C2CC3(C2)CN(C(=O)c2cc(O)ccc2F)C3)c1-c1cc(F)ccc1Cl. The van der Waals surface area contributed by atoms with Gasteiger partial charge in [0.2, 0.25) is 0 Å². The highest BCUT2D eigenvalue weighted by atomic mass is 35.5. The van der Waals surface area contributed by atoms with Gasteiger partial charge in [-0.3, -0.25) is 9.48 Å². The number of hydrogen-bond acceptors (Lipinski definition) is 3. The van der Waals surface area contributed by atoms with E-state index in [1.165, 1.54) is 18.2 Å². The lowest BCUT2D eigenvalue weighted by molar-refractivity contribution is -0.0735. The number of phenols is 1. The lowest BCUT2D eigenvalue weighted by atomic mass is 9.60. The summed E-state index contributed by atoms with van der Waals surface area (Å²) in [5.74, 6) is -1.55. The lowest BCUT2D eigenvalue weighted by Crippen LogP contribution is -2.64. The monoisotopic (exact) mass is 443 g/mol. The number of phenolic OH excluding ortho intramolecular Hbond substituents is 1. The second-order valence-corrected chi connectivity index (χ2v) is 9.04. The van der Waals surface area contributed by atoms with Crippen molar-refractivity contribution in [2.24, 2.45) is 5.41 Å². The molecule has 31 heavy (non-hydrogen) atoms. The Bertz CT molecular complexity index is 1200. The molecule has 0 unspecified atom stereocenters. The van der Waals surface area contributed by atoms with Crippen molar-refractivity contribution in [1.29, 1.82) is 0 Å². The first kappa shape index (κ1) is 20.0. The highest BCUT2D eigenvalue weighted by Gasteiger charge is 2.55. The fourth-order valence-electron chi connectivity index (χ4n) is 4.87. The van der Waals surface area contributed by atoms with Crippen LogP contribution in [0.4, 0.5) is 8.78 Å². The highest BCUT2D eigenvalue weighted by Crippen LogP contribution is 2.55. The van der Waals surface area contributed by atoms with Gasteiger partial charge in [0.05, 0.1) is 28.5 Å². The summed E-state index contributed by atoms with van der Waals surface area (Å²) >= 11 is 6.33. The third kappa shape index (κ3) is 3.28. The van der Waals surface area contributed by atoms with Gasteiger partial charge in [-0.1, -0.05) is 11.6 Å². The number of aromatic nitrogens is 2. The van der Waals surface area contributed by atoms with Gasteiger partial charge in [-0.15, -0.1) is 0 Å². The first-order chi connectivity index (χ1) is 14.8. The van der Waals surface area contributed by atoms with Crippen LogP contribution in [0.5, 0.6) is 5.75 Å². The van der Waals surface area contributed by atoms with E-state index in [0.717, 1.165) is 36.2 Å². The molecule has 1 N–H and O–H groups in total. The second-order valence-electron chi connectivity index (χ2n) is 8.63. The summed E-state index contributed by atoms with van der Waals surface area (Å²) in [5.41, 5.74) is 2.20. The Labute approximate surface area is 182 Å². The van der Waals surface area contributed by atoms with Crippen LogP contribution in [-0.2, 0) is 0 Å². The van der Waals surface area contributed by atoms with E-state index >= 15 is 0 Å². The Morgan fingerprint density at radius 3 is 2.68 bits per heavy atom. The number of nitrogens with zero attached hydrogens (tertiary/aromatic N) is 3. The van der Waals surface area contributed by atoms with Gasteiger partial charge in [-0.25, -0.2) is 8.78 Å². The van der Waals surface area contributed by atoms with E-state index in [0.29, 0.717) is 23.7 Å². The van der Waals surface area contributed by atoms with E-state index in [4.69, 9.17) is 11.6 Å². The van der Waals surface area contributed by atoms with Gasteiger partial charge in [0.1, 0.15) is 17.4 Å². The van der Waals surface area contributed by atoms with Gasteiger partial charge in [-0.05, 0) is 61.7 Å². The Morgan fingerprint density at radius 1 is 1.19 bits per heavy atom. The standard InChI is InChI=1S/C23H20ClF2N3O2/c1-13-10-27-29(21(13)17-6-14(25)2-4-19(17)24)15-8-23(9-15)11-28(12-23)22(31)18-7-16(30)3-5-20(18)26/h2-7,10,15,30H,8-9,11-12H2,1H3. The molecule has 2 aliphatic rings. The lowest BCUT2D eigenvalue weighted by Gasteiger charge is -2.59. The van der Waals surface area contributed by atoms with Gasteiger partial charge in [0.15, 0.2) is 0 Å². The van der Waals surface area contributed by atoms with E-state index in [-0.39, 0.29) is 28.6 Å². The summed E-state index contributed by atoms with van der Waals surface area (Å²) in [5, 5.41) is 14.5. The molecular formula is C23H20ClF2N3O2. The number of halogens is 3. The number of aryl methyl sites for hydroxylation is 1. The van der Waals surface area contributed by atoms with Crippen molar-refractivity contribution in [3.63, 3.8) is 0 Å². The zero-order valence-corrected chi connectivity index (χ0v) is 17.5. The number of carbonyl (C=O) groups excluding carboxylic acids is 1. The predicted molar refractivity (Wildman–Crippen MR) is 112 cm³/mol. The molecule has 8 heteroatoms. The number of rotatable bonds is 3. The molecule has 1 aliphatic heterocycles. The summed E-state index contributed by atoms with van der Waals surface area (Å²) in [6.45, 7) is 2.99. The maximum atomic E-state index is 14.0. The Kier molecular flexibility index (Phi) is 4.55. The van der Waals surface area contributed by atoms with Crippen LogP contribution in [0.3, 0.4) is 0 Å². The quantitative estimate of drug-likeness (QED) is 0.621. The van der Waals surface area contributed by atoms with Crippen molar-refractivity contribution < 1.29 is 18.7 Å². The van der Waals surface area contributed by atoms with E-state index in [2.05, 4.69) is 5.10 Å². The van der Waals surface area contributed by atoms with Crippen molar-refractivity contribution in [2.45, 2.75) is 25.8 Å². The van der Waals surface area contributed by atoms with E-state index in [9.17, 15) is 18.7 Å². The van der Waals surface area contributed by atoms with Crippen LogP contribution in [0.25, 0.3) is 11.3 Å². The van der Waals surface area contributed by atoms with Crippen LogP contribution in [-0.4, -0.2) is 38.8 Å². The van der Waals surface area contributed by atoms with Gasteiger partial charge < -0.3 is 10.0 Å². The zero-order valence-electron chi connectivity index (χ0n) is 16.8. The zero-order chi connectivity index (χ0) is 21.9. The average molecular weight is 444 g/mol. The Hall–Kier alpha value is -2.93. The van der Waals surface area contributed by atoms with E-state index in [1.807, 2.05) is 11.6 Å². The van der Waals surface area contributed by atoms with Crippen LogP contribution >= 0.6 is 11.6 Å². The minimum Gasteiger partial charge on any atom is -0.508 e. The molecule has 2 heterocycles. The number of hydrogen-bond donors (Lipinski definition) is 1. The van der Waals surface area contributed by atoms with Crippen molar-refractivity contribution in [2.75, 3.05) is 13.1 Å². The molecule has 160 valence electrons. The number of aromatic hydroxyl groups is 1. The molecule has 1 spiro atoms. The topological polar surface area (TPSA) is 58.4 Å². The van der Waals surface area contributed by atoms with Gasteiger partial charge in [0.25, 0.3) is 5.91 Å². The highest BCUT2D eigenvalue weighted by molar-refractivity contribution is 6.33. The summed E-state index contributed by atoms with van der Waals surface area (Å²) in [6.07, 6.45) is 3.39. The minimum atomic E-state index is -0.640. The van der Waals surface area contributed by atoms with Gasteiger partial charge in [0, 0.05) is 24.1 Å². The molecule has 1 amide bonds. The fourth-order valence-corrected chi connectivity index (χ4v) is 5.07. The predicted octanol–water partition coefficient (Wildman–Crippen LogP) is 4.97. The molecule has 2 aromatic carbocycles. The van der Waals surface area contributed by atoms with E-state index < -0.39 is 11.7 Å². The number of benzene rings is 2. The molecule has 0 atom stereocenters. The smallest absolute Gasteiger partial charge is 0.257 e. The molecule has 5 nitrogen and oxygen atoms in total. The second kappa shape index (κ2) is 7.05. The van der Waals surface area contributed by atoms with Crippen LogP contribution in [0.2, 0.25) is 5.02 Å². The Balaban J connectivity index is 1.30. The van der Waals surface area contributed by atoms with Crippen LogP contribution in [0, 0.1) is 24.0 Å². The summed E-state index contributed by atoms with van der Waals surface area (Å²) in [7, 11) is 0. The summed E-state index contributed by atoms with van der Waals surface area (Å²) in [6, 6.07) is 7.89. The third-order valence-corrected chi connectivity index (χ3v) is 6.69. The molecule has 1 saturated carbocycles. The molecule has 3 aromatic rings. The maximum Gasteiger partial charge on any atom is 0.257 e. The maximum absolute atomic E-state index is 14.0. The normalized spacial score (nSPS) is 17.5. The summed E-state index contributed by atoms with van der Waals surface area (Å²) < 4.78 is 29.7. The van der Waals surface area contributed by atoms with Crippen molar-refractivity contribution in [3.8, 4) is 17.0 Å². The van der Waals surface area contributed by atoms with Crippen LogP contribution < -0.4 is 0 Å². The molecule has 1 aliphatic carbocycles. The largest absolute Gasteiger partial charge is 0.508 e. The number of amides is 1. The fraction of sp³-hybridized carbons (Fsp3) is 0.304. The molecule has 0 bridgehead atoms. The molecule has 5 rings (SSSR count). The number of likely N-dealkylation sites (tertiary alicyclic amines) is 1. The number of carbonyl (C=O) groups is 1. The minimum absolute atomic E-state index is 0.0174. The summed E-state index contributed by atoms with van der Waals surface area (Å²) in [4.78, 5) is 14.2. The first-order valence-corrected chi connectivity index (χ1v) is 10.4.